The van der Waals surface area contributed by atoms with Crippen molar-refractivity contribution in [2.45, 2.75) is 13.5 Å². The van der Waals surface area contributed by atoms with Crippen LogP contribution in [0.15, 0.2) is 66.7 Å². The van der Waals surface area contributed by atoms with Gasteiger partial charge in [-0.2, -0.15) is 0 Å². The van der Waals surface area contributed by atoms with Crippen molar-refractivity contribution in [1.29, 1.82) is 0 Å². The molecule has 30 heavy (non-hydrogen) atoms. The molecule has 3 aromatic carbocycles. The molecule has 0 aliphatic carbocycles. The van der Waals surface area contributed by atoms with Gasteiger partial charge < -0.3 is 20.1 Å². The largest absolute Gasteiger partial charge is 0.495 e. The minimum Gasteiger partial charge on any atom is -0.495 e. The number of amides is 2. The number of anilines is 2. The number of hydrogen-bond donors (Lipinski definition) is 2. The van der Waals surface area contributed by atoms with Crippen LogP contribution in [-0.2, 0) is 11.4 Å². The maximum atomic E-state index is 12.9. The number of benzene rings is 3. The molecule has 0 atom stereocenters. The van der Waals surface area contributed by atoms with E-state index < -0.39 is 0 Å². The lowest BCUT2D eigenvalue weighted by Crippen LogP contribution is -2.14. The minimum absolute atomic E-state index is 0.235. The number of ether oxygens (including phenoxy) is 2. The van der Waals surface area contributed by atoms with E-state index in [0.29, 0.717) is 33.5 Å². The maximum absolute atomic E-state index is 12.9. The molecule has 3 rings (SSSR count). The van der Waals surface area contributed by atoms with Gasteiger partial charge in [0.25, 0.3) is 5.91 Å². The SMILES string of the molecule is COc1ccc(NC(=O)c2ccccc2OCc2ccccc2Cl)cc1NC(C)=O. The van der Waals surface area contributed by atoms with Gasteiger partial charge in [-0.25, -0.2) is 0 Å². The molecular formula is C23H21ClN2O4. The quantitative estimate of drug-likeness (QED) is 0.550. The van der Waals surface area contributed by atoms with E-state index in [4.69, 9.17) is 21.1 Å². The Morgan fingerprint density at radius 2 is 1.67 bits per heavy atom. The predicted octanol–water partition coefficient (Wildman–Crippen LogP) is 5.14. The fourth-order valence-electron chi connectivity index (χ4n) is 2.82. The van der Waals surface area contributed by atoms with E-state index in [0.717, 1.165) is 5.56 Å². The molecule has 2 N–H and O–H groups in total. The zero-order chi connectivity index (χ0) is 21.5. The van der Waals surface area contributed by atoms with Crippen molar-refractivity contribution in [3.8, 4) is 11.5 Å². The molecule has 0 saturated carbocycles. The first-order valence-electron chi connectivity index (χ1n) is 9.20. The number of carbonyl (C=O) groups is 2. The molecule has 0 heterocycles. The van der Waals surface area contributed by atoms with E-state index in [1.165, 1.54) is 14.0 Å². The summed E-state index contributed by atoms with van der Waals surface area (Å²) in [4.78, 5) is 24.3. The summed E-state index contributed by atoms with van der Waals surface area (Å²) in [5.74, 6) is 0.344. The smallest absolute Gasteiger partial charge is 0.259 e. The summed E-state index contributed by atoms with van der Waals surface area (Å²) in [6.07, 6.45) is 0. The lowest BCUT2D eigenvalue weighted by atomic mass is 10.1. The van der Waals surface area contributed by atoms with Crippen LogP contribution in [-0.4, -0.2) is 18.9 Å². The van der Waals surface area contributed by atoms with Crippen molar-refractivity contribution in [1.82, 2.24) is 0 Å². The Balaban J connectivity index is 1.78. The van der Waals surface area contributed by atoms with Crippen LogP contribution in [0.3, 0.4) is 0 Å². The second kappa shape index (κ2) is 9.80. The summed E-state index contributed by atoms with van der Waals surface area (Å²) in [7, 11) is 1.51. The Labute approximate surface area is 179 Å². The first-order valence-corrected chi connectivity index (χ1v) is 9.58. The van der Waals surface area contributed by atoms with Gasteiger partial charge in [0.05, 0.1) is 18.4 Å². The molecule has 0 fully saturated rings. The highest BCUT2D eigenvalue weighted by atomic mass is 35.5. The Morgan fingerprint density at radius 3 is 2.40 bits per heavy atom. The van der Waals surface area contributed by atoms with Crippen LogP contribution in [0.2, 0.25) is 5.02 Å². The highest BCUT2D eigenvalue weighted by molar-refractivity contribution is 6.31. The molecule has 0 aromatic heterocycles. The number of carbonyl (C=O) groups excluding carboxylic acids is 2. The Hall–Kier alpha value is -3.51. The molecule has 3 aromatic rings. The van der Waals surface area contributed by atoms with Gasteiger partial charge in [0.15, 0.2) is 0 Å². The summed E-state index contributed by atoms with van der Waals surface area (Å²) < 4.78 is 11.1. The van der Waals surface area contributed by atoms with Gasteiger partial charge in [-0.15, -0.1) is 0 Å². The third-order valence-electron chi connectivity index (χ3n) is 4.24. The monoisotopic (exact) mass is 424 g/mol. The second-order valence-corrected chi connectivity index (χ2v) is 6.83. The Bertz CT molecular complexity index is 1070. The Kier molecular flexibility index (Phi) is 6.93. The van der Waals surface area contributed by atoms with E-state index in [-0.39, 0.29) is 18.4 Å². The van der Waals surface area contributed by atoms with Crippen LogP contribution in [0, 0.1) is 0 Å². The maximum Gasteiger partial charge on any atom is 0.259 e. The lowest BCUT2D eigenvalue weighted by Gasteiger charge is -2.14. The third kappa shape index (κ3) is 5.30. The number of nitrogens with one attached hydrogen (secondary N) is 2. The highest BCUT2D eigenvalue weighted by Gasteiger charge is 2.14. The summed E-state index contributed by atoms with van der Waals surface area (Å²) >= 11 is 6.18. The second-order valence-electron chi connectivity index (χ2n) is 6.43. The van der Waals surface area contributed by atoms with Crippen molar-refractivity contribution in [3.63, 3.8) is 0 Å². The Morgan fingerprint density at radius 1 is 0.933 bits per heavy atom. The summed E-state index contributed by atoms with van der Waals surface area (Å²) in [6.45, 7) is 1.64. The van der Waals surface area contributed by atoms with Gasteiger partial charge in [-0.3, -0.25) is 9.59 Å². The van der Waals surface area contributed by atoms with Crippen molar-refractivity contribution in [2.75, 3.05) is 17.7 Å². The number of rotatable bonds is 7. The molecule has 0 radical (unpaired) electrons. The zero-order valence-electron chi connectivity index (χ0n) is 16.6. The van der Waals surface area contributed by atoms with E-state index >= 15 is 0 Å². The standard InChI is InChI=1S/C23H21ClN2O4/c1-15(27)25-20-13-17(11-12-22(20)29-2)26-23(28)18-8-4-6-10-21(18)30-14-16-7-3-5-9-19(16)24/h3-13H,14H2,1-2H3,(H,25,27)(H,26,28). The van der Waals surface area contributed by atoms with Crippen LogP contribution < -0.4 is 20.1 Å². The number of para-hydroxylation sites is 1. The van der Waals surface area contributed by atoms with Gasteiger partial charge in [0, 0.05) is 23.2 Å². The molecule has 0 spiro atoms. The molecule has 0 aliphatic rings. The van der Waals surface area contributed by atoms with Crippen molar-refractivity contribution >= 4 is 34.8 Å². The van der Waals surface area contributed by atoms with Crippen molar-refractivity contribution in [2.24, 2.45) is 0 Å². The van der Waals surface area contributed by atoms with Gasteiger partial charge in [0.1, 0.15) is 18.1 Å². The highest BCUT2D eigenvalue weighted by Crippen LogP contribution is 2.29. The average Bonchev–Trinajstić information content (AvgIpc) is 2.73. The van der Waals surface area contributed by atoms with Gasteiger partial charge in [-0.1, -0.05) is 41.9 Å². The molecule has 6 nitrogen and oxygen atoms in total. The summed E-state index contributed by atoms with van der Waals surface area (Å²) in [5.41, 5.74) is 2.17. The summed E-state index contributed by atoms with van der Waals surface area (Å²) in [6, 6.07) is 19.3. The van der Waals surface area contributed by atoms with Crippen molar-refractivity contribution < 1.29 is 19.1 Å². The minimum atomic E-state index is -0.344. The van der Waals surface area contributed by atoms with E-state index in [1.807, 2.05) is 18.2 Å². The average molecular weight is 425 g/mol. The fraction of sp³-hybridized carbons (Fsp3) is 0.130. The molecule has 7 heteroatoms. The number of halogens is 1. The lowest BCUT2D eigenvalue weighted by molar-refractivity contribution is -0.114. The summed E-state index contributed by atoms with van der Waals surface area (Å²) in [5, 5.41) is 6.10. The van der Waals surface area contributed by atoms with Gasteiger partial charge in [0.2, 0.25) is 5.91 Å². The normalized spacial score (nSPS) is 10.2. The number of methoxy groups -OCH3 is 1. The van der Waals surface area contributed by atoms with E-state index in [9.17, 15) is 9.59 Å². The van der Waals surface area contributed by atoms with E-state index in [1.54, 1.807) is 48.5 Å². The topological polar surface area (TPSA) is 76.7 Å². The van der Waals surface area contributed by atoms with Crippen molar-refractivity contribution in [3.05, 3.63) is 82.9 Å². The van der Waals surface area contributed by atoms with Crippen LogP contribution in [0.1, 0.15) is 22.8 Å². The molecule has 0 unspecified atom stereocenters. The van der Waals surface area contributed by atoms with Crippen LogP contribution in [0.5, 0.6) is 11.5 Å². The van der Waals surface area contributed by atoms with Gasteiger partial charge in [-0.05, 0) is 36.4 Å². The van der Waals surface area contributed by atoms with E-state index in [2.05, 4.69) is 10.6 Å². The van der Waals surface area contributed by atoms with Crippen LogP contribution in [0.4, 0.5) is 11.4 Å². The van der Waals surface area contributed by atoms with Crippen LogP contribution in [0.25, 0.3) is 0 Å². The molecule has 2 amide bonds. The molecule has 0 aliphatic heterocycles. The van der Waals surface area contributed by atoms with Gasteiger partial charge >= 0.3 is 0 Å². The molecule has 0 bridgehead atoms. The molecule has 0 saturated heterocycles. The fourth-order valence-corrected chi connectivity index (χ4v) is 3.01. The van der Waals surface area contributed by atoms with Crippen LogP contribution >= 0.6 is 11.6 Å². The molecule has 154 valence electrons. The molecular weight excluding hydrogens is 404 g/mol. The first kappa shape index (κ1) is 21.2. The number of hydrogen-bond acceptors (Lipinski definition) is 4. The third-order valence-corrected chi connectivity index (χ3v) is 4.61. The first-order chi connectivity index (χ1) is 14.5. The zero-order valence-corrected chi connectivity index (χ0v) is 17.3. The predicted molar refractivity (Wildman–Crippen MR) is 117 cm³/mol.